The molecule has 164 valence electrons. The Balaban J connectivity index is 0.000000483. The fourth-order valence-corrected chi connectivity index (χ4v) is 2.98. The predicted molar refractivity (Wildman–Crippen MR) is 101 cm³/mol. The number of rotatable bonds is 5. The Bertz CT molecular complexity index is 455. The first-order chi connectivity index (χ1) is 13.4. The van der Waals surface area contributed by atoms with Gasteiger partial charge in [-0.3, -0.25) is 14.8 Å². The highest BCUT2D eigenvalue weighted by Gasteiger charge is 2.29. The van der Waals surface area contributed by atoms with Gasteiger partial charge < -0.3 is 14.3 Å². The fourth-order valence-electron chi connectivity index (χ4n) is 2.98. The maximum atomic E-state index is 11.2. The molecule has 2 N–H and O–H groups in total. The van der Waals surface area contributed by atoms with Crippen molar-refractivity contribution in [1.82, 2.24) is 20.5 Å². The highest BCUT2D eigenvalue weighted by molar-refractivity contribution is 5.75. The molecule has 0 aromatic carbocycles. The van der Waals surface area contributed by atoms with E-state index in [0.717, 1.165) is 38.8 Å². The summed E-state index contributed by atoms with van der Waals surface area (Å²) < 4.78 is 9.33. The van der Waals surface area contributed by atoms with Gasteiger partial charge >= 0.3 is 11.9 Å². The Morgan fingerprint density at radius 2 is 1.68 bits per heavy atom. The van der Waals surface area contributed by atoms with E-state index in [9.17, 15) is 9.59 Å². The minimum absolute atomic E-state index is 0.0891. The van der Waals surface area contributed by atoms with E-state index in [1.54, 1.807) is 0 Å². The number of carbonyl (C=O) groups excluding carboxylic acids is 3. The molecule has 2 rings (SSSR count). The average molecular weight is 406 g/mol. The third-order valence-electron chi connectivity index (χ3n) is 4.62. The minimum atomic E-state index is -0.271. The van der Waals surface area contributed by atoms with Gasteiger partial charge in [0, 0.05) is 33.7 Å². The van der Waals surface area contributed by atoms with Gasteiger partial charge in [0.2, 0.25) is 0 Å². The Labute approximate surface area is 166 Å². The molecule has 2 fully saturated rings. The zero-order valence-corrected chi connectivity index (χ0v) is 17.3. The molecule has 0 bridgehead atoms. The van der Waals surface area contributed by atoms with Gasteiger partial charge in [0.15, 0.2) is 0 Å². The van der Waals surface area contributed by atoms with E-state index >= 15 is 0 Å². The molecule has 2 heterocycles. The van der Waals surface area contributed by atoms with Gasteiger partial charge in [-0.05, 0) is 25.7 Å². The Morgan fingerprint density at radius 3 is 2.25 bits per heavy atom. The zero-order valence-electron chi connectivity index (χ0n) is 17.3. The largest absolute Gasteiger partial charge is 0.468 e. The molecule has 11 heteroatoms. The number of hydrazine groups is 2. The molecule has 28 heavy (non-hydrogen) atoms. The van der Waals surface area contributed by atoms with Crippen molar-refractivity contribution in [3.63, 3.8) is 0 Å². The summed E-state index contributed by atoms with van der Waals surface area (Å²) >= 11 is 0. The van der Waals surface area contributed by atoms with Crippen LogP contribution in [0.5, 0.6) is 0 Å². The van der Waals surface area contributed by atoms with Gasteiger partial charge in [-0.15, -0.1) is 0 Å². The van der Waals surface area contributed by atoms with Crippen LogP contribution in [0.25, 0.3) is 0 Å². The summed E-state index contributed by atoms with van der Waals surface area (Å²) in [4.78, 5) is 34.4. The zero-order chi connectivity index (χ0) is 21.5. The first-order valence-electron chi connectivity index (χ1n) is 9.10. The third-order valence-corrected chi connectivity index (χ3v) is 4.62. The Morgan fingerprint density at radius 1 is 1.07 bits per heavy atom. The molecule has 0 spiro atoms. The van der Waals surface area contributed by atoms with Crippen molar-refractivity contribution in [2.75, 3.05) is 54.6 Å². The molecule has 0 radical (unpaired) electrons. The molecular formula is C17H34N4O7. The standard InChI is InChI=1S/C8H16N2O4.C8H16N2O2.CH2O/c1-13-8(11)7-3-2-4-10(9-7)5-6-14-12;1-9-6-4-5-7(10(9)2)8(11)12-3;1-2/h7,9,12H,2-6H2,1H3;7H,4-6H2,1-3H3;1H2. The SMILES string of the molecule is C=O.COC(=O)C1CCCN(C)N1C.COC(=O)C1CCCN(CCOO)N1. The number of ether oxygens (including phenoxy) is 2. The summed E-state index contributed by atoms with van der Waals surface area (Å²) in [5, 5.41) is 14.0. The molecule has 11 nitrogen and oxygen atoms in total. The van der Waals surface area contributed by atoms with Crippen LogP contribution in [0.3, 0.4) is 0 Å². The topological polar surface area (TPSA) is 121 Å². The van der Waals surface area contributed by atoms with Gasteiger partial charge in [0.05, 0.1) is 20.8 Å². The number of hydrogen-bond acceptors (Lipinski definition) is 11. The smallest absolute Gasteiger partial charge is 0.324 e. The second kappa shape index (κ2) is 15.3. The molecule has 0 aliphatic carbocycles. The maximum Gasteiger partial charge on any atom is 0.324 e. The number of likely N-dealkylation sites (N-methyl/N-ethyl adjacent to an activating group) is 1. The Kier molecular flexibility index (Phi) is 14.4. The lowest BCUT2D eigenvalue weighted by molar-refractivity contribution is -0.245. The third kappa shape index (κ3) is 9.04. The van der Waals surface area contributed by atoms with Crippen LogP contribution in [0, 0.1) is 0 Å². The molecule has 0 saturated carbocycles. The highest BCUT2D eigenvalue weighted by Crippen LogP contribution is 2.15. The summed E-state index contributed by atoms with van der Waals surface area (Å²) in [6, 6.07) is -0.360. The van der Waals surface area contributed by atoms with E-state index in [2.05, 4.69) is 15.1 Å². The first-order valence-corrected chi connectivity index (χ1v) is 9.10. The van der Waals surface area contributed by atoms with Crippen LogP contribution in [-0.4, -0.2) is 106 Å². The number of hydrogen-bond donors (Lipinski definition) is 2. The van der Waals surface area contributed by atoms with Gasteiger partial charge in [-0.25, -0.2) is 25.3 Å². The van der Waals surface area contributed by atoms with Crippen molar-refractivity contribution in [3.8, 4) is 0 Å². The number of nitrogens with one attached hydrogen (secondary N) is 1. The summed E-state index contributed by atoms with van der Waals surface area (Å²) in [6.07, 6.45) is 3.66. The van der Waals surface area contributed by atoms with Gasteiger partial charge in [-0.1, -0.05) is 0 Å². The van der Waals surface area contributed by atoms with Gasteiger partial charge in [0.25, 0.3) is 0 Å². The average Bonchev–Trinajstić information content (AvgIpc) is 2.75. The van der Waals surface area contributed by atoms with E-state index in [-0.39, 0.29) is 30.6 Å². The first kappa shape index (κ1) is 26.4. The lowest BCUT2D eigenvalue weighted by Crippen LogP contribution is -2.53. The van der Waals surface area contributed by atoms with Crippen LogP contribution >= 0.6 is 0 Å². The molecule has 0 aromatic rings. The van der Waals surface area contributed by atoms with Gasteiger partial charge in [-0.2, -0.15) is 0 Å². The quantitative estimate of drug-likeness (QED) is 0.350. The van der Waals surface area contributed by atoms with E-state index < -0.39 is 0 Å². The molecular weight excluding hydrogens is 372 g/mol. The van der Waals surface area contributed by atoms with Crippen LogP contribution in [0.2, 0.25) is 0 Å². The minimum Gasteiger partial charge on any atom is -0.468 e. The molecule has 2 saturated heterocycles. The predicted octanol–water partition coefficient (Wildman–Crippen LogP) is -0.466. The monoisotopic (exact) mass is 406 g/mol. The van der Waals surface area contributed by atoms with Crippen LogP contribution in [-0.2, 0) is 28.7 Å². The summed E-state index contributed by atoms with van der Waals surface area (Å²) in [6.45, 7) is 4.63. The highest BCUT2D eigenvalue weighted by atomic mass is 17.1. The number of methoxy groups -OCH3 is 2. The number of carbonyl (C=O) groups is 3. The molecule has 2 aliphatic rings. The second-order valence-electron chi connectivity index (χ2n) is 6.30. The van der Waals surface area contributed by atoms with E-state index in [1.807, 2.05) is 35.9 Å². The normalized spacial score (nSPS) is 23.5. The van der Waals surface area contributed by atoms with Crippen molar-refractivity contribution in [2.45, 2.75) is 37.8 Å². The maximum absolute atomic E-state index is 11.2. The van der Waals surface area contributed by atoms with Crippen LogP contribution in [0.15, 0.2) is 0 Å². The van der Waals surface area contributed by atoms with Crippen molar-refractivity contribution in [1.29, 1.82) is 0 Å². The van der Waals surface area contributed by atoms with E-state index in [0.29, 0.717) is 6.54 Å². The molecule has 2 unspecified atom stereocenters. The van der Waals surface area contributed by atoms with Crippen molar-refractivity contribution in [2.24, 2.45) is 0 Å². The van der Waals surface area contributed by atoms with E-state index in [4.69, 9.17) is 14.8 Å². The fraction of sp³-hybridized carbons (Fsp3) is 0.824. The lowest BCUT2D eigenvalue weighted by atomic mass is 10.1. The van der Waals surface area contributed by atoms with Crippen molar-refractivity contribution >= 4 is 18.7 Å². The molecule has 0 amide bonds. The van der Waals surface area contributed by atoms with Crippen molar-refractivity contribution in [3.05, 3.63) is 0 Å². The number of nitrogens with zero attached hydrogens (tertiary/aromatic N) is 3. The summed E-state index contributed by atoms with van der Waals surface area (Å²) in [5.74, 6) is -0.385. The number of esters is 2. The molecule has 2 aliphatic heterocycles. The summed E-state index contributed by atoms with van der Waals surface area (Å²) in [5.41, 5.74) is 3.01. The molecule has 2 atom stereocenters. The van der Waals surface area contributed by atoms with E-state index in [1.165, 1.54) is 14.2 Å². The molecule has 0 aromatic heterocycles. The van der Waals surface area contributed by atoms with Crippen LogP contribution in [0.4, 0.5) is 0 Å². The second-order valence-corrected chi connectivity index (χ2v) is 6.30. The summed E-state index contributed by atoms with van der Waals surface area (Å²) in [7, 11) is 6.71. The Hall–Kier alpha value is -1.63. The van der Waals surface area contributed by atoms with Crippen LogP contribution in [0.1, 0.15) is 25.7 Å². The van der Waals surface area contributed by atoms with Gasteiger partial charge in [0.1, 0.15) is 18.9 Å². The lowest BCUT2D eigenvalue weighted by Gasteiger charge is -2.38. The van der Waals surface area contributed by atoms with Crippen molar-refractivity contribution < 1.29 is 34.0 Å². The van der Waals surface area contributed by atoms with Crippen LogP contribution < -0.4 is 5.43 Å².